The van der Waals surface area contributed by atoms with E-state index in [0.717, 1.165) is 49.5 Å². The molecule has 1 aromatic heterocycles. The molecule has 22 heavy (non-hydrogen) atoms. The molecule has 2 N–H and O–H groups in total. The Morgan fingerprint density at radius 1 is 1.23 bits per heavy atom. The van der Waals surface area contributed by atoms with Crippen LogP contribution in [0, 0.1) is 6.92 Å². The Balaban J connectivity index is 1.45. The maximum atomic E-state index is 11.9. The van der Waals surface area contributed by atoms with E-state index in [1.54, 1.807) is 0 Å². The lowest BCUT2D eigenvalue weighted by Crippen LogP contribution is -2.44. The molecule has 0 bridgehead atoms. The average molecular weight is 323 g/mol. The molecule has 0 atom stereocenters. The number of carbonyl (C=O) groups excluding carboxylic acids is 2. The Kier molecular flexibility index (Phi) is 4.66. The summed E-state index contributed by atoms with van der Waals surface area (Å²) in [5, 5.41) is 14.1. The van der Waals surface area contributed by atoms with Crippen LogP contribution in [0.5, 0.6) is 0 Å². The first-order valence-electron chi connectivity index (χ1n) is 7.78. The Morgan fingerprint density at radius 3 is 2.64 bits per heavy atom. The maximum absolute atomic E-state index is 11.9. The van der Waals surface area contributed by atoms with Gasteiger partial charge >= 0.3 is 6.03 Å². The molecule has 0 spiro atoms. The van der Waals surface area contributed by atoms with E-state index < -0.39 is 6.03 Å². The SMILES string of the molecule is Cc1nnc(SCC(=O)NC(=O)NC2CCCC2)n1C1CC1. The number of imide groups is 1. The fraction of sp³-hybridized carbons (Fsp3) is 0.714. The zero-order chi connectivity index (χ0) is 15.5. The van der Waals surface area contributed by atoms with Crippen molar-refractivity contribution < 1.29 is 9.59 Å². The minimum Gasteiger partial charge on any atom is -0.335 e. The van der Waals surface area contributed by atoms with E-state index in [1.165, 1.54) is 11.8 Å². The van der Waals surface area contributed by atoms with Crippen LogP contribution >= 0.6 is 11.8 Å². The zero-order valence-corrected chi connectivity index (χ0v) is 13.5. The standard InChI is InChI=1S/C14H21N5O2S/c1-9-17-18-14(19(9)11-6-7-11)22-8-12(20)16-13(21)15-10-4-2-3-5-10/h10-11H,2-8H2,1H3,(H2,15,16,20,21). The van der Waals surface area contributed by atoms with Gasteiger partial charge < -0.3 is 9.88 Å². The molecule has 0 radical (unpaired) electrons. The molecule has 0 aromatic carbocycles. The van der Waals surface area contributed by atoms with Crippen LogP contribution in [0.15, 0.2) is 5.16 Å². The van der Waals surface area contributed by atoms with Crippen molar-refractivity contribution in [3.63, 3.8) is 0 Å². The van der Waals surface area contributed by atoms with Crippen molar-refractivity contribution >= 4 is 23.7 Å². The quantitative estimate of drug-likeness (QED) is 0.806. The number of hydrogen-bond acceptors (Lipinski definition) is 5. The minimum atomic E-state index is -0.391. The number of nitrogens with zero attached hydrogens (tertiary/aromatic N) is 3. The van der Waals surface area contributed by atoms with Gasteiger partial charge in [-0.3, -0.25) is 10.1 Å². The number of hydrogen-bond donors (Lipinski definition) is 2. The molecule has 3 amide bonds. The van der Waals surface area contributed by atoms with E-state index in [4.69, 9.17) is 0 Å². The summed E-state index contributed by atoms with van der Waals surface area (Å²) in [6.07, 6.45) is 6.57. The van der Waals surface area contributed by atoms with Gasteiger partial charge in [0.1, 0.15) is 5.82 Å². The molecule has 2 aliphatic carbocycles. The van der Waals surface area contributed by atoms with Crippen molar-refractivity contribution in [1.29, 1.82) is 0 Å². The van der Waals surface area contributed by atoms with E-state index in [9.17, 15) is 9.59 Å². The van der Waals surface area contributed by atoms with Crippen molar-refractivity contribution in [3.05, 3.63) is 5.82 Å². The number of nitrogens with one attached hydrogen (secondary N) is 2. The molecular weight excluding hydrogens is 302 g/mol. The first-order chi connectivity index (χ1) is 10.6. The van der Waals surface area contributed by atoms with Gasteiger partial charge in [0.05, 0.1) is 5.75 Å². The van der Waals surface area contributed by atoms with E-state index in [1.807, 2.05) is 6.92 Å². The summed E-state index contributed by atoms with van der Waals surface area (Å²) >= 11 is 1.33. The van der Waals surface area contributed by atoms with Crippen LogP contribution in [-0.4, -0.2) is 38.5 Å². The summed E-state index contributed by atoms with van der Waals surface area (Å²) in [6, 6.07) is 0.296. The van der Waals surface area contributed by atoms with Crippen molar-refractivity contribution in [1.82, 2.24) is 25.4 Å². The number of aryl methyl sites for hydroxylation is 1. The second-order valence-electron chi connectivity index (χ2n) is 5.92. The van der Waals surface area contributed by atoms with E-state index in [2.05, 4.69) is 25.4 Å². The summed E-state index contributed by atoms with van der Waals surface area (Å²) in [7, 11) is 0. The minimum absolute atomic E-state index is 0.170. The highest BCUT2D eigenvalue weighted by Gasteiger charge is 2.28. The van der Waals surface area contributed by atoms with E-state index in [-0.39, 0.29) is 17.7 Å². The van der Waals surface area contributed by atoms with Gasteiger partial charge in [-0.2, -0.15) is 0 Å². The smallest absolute Gasteiger partial charge is 0.321 e. The second kappa shape index (κ2) is 6.68. The largest absolute Gasteiger partial charge is 0.335 e. The Labute approximate surface area is 133 Å². The van der Waals surface area contributed by atoms with Crippen LogP contribution in [0.1, 0.15) is 50.4 Å². The first-order valence-corrected chi connectivity index (χ1v) is 8.76. The summed E-state index contributed by atoms with van der Waals surface area (Å²) < 4.78 is 2.08. The molecule has 0 saturated heterocycles. The van der Waals surface area contributed by atoms with Crippen LogP contribution in [0.3, 0.4) is 0 Å². The highest BCUT2D eigenvalue weighted by Crippen LogP contribution is 2.38. The van der Waals surface area contributed by atoms with Gasteiger partial charge in [0.25, 0.3) is 0 Å². The van der Waals surface area contributed by atoms with Gasteiger partial charge in [0.15, 0.2) is 5.16 Å². The summed E-state index contributed by atoms with van der Waals surface area (Å²) in [4.78, 5) is 23.6. The molecule has 2 saturated carbocycles. The molecule has 2 fully saturated rings. The number of urea groups is 1. The normalized spacial score (nSPS) is 18.4. The van der Waals surface area contributed by atoms with Crippen molar-refractivity contribution in [3.8, 4) is 0 Å². The van der Waals surface area contributed by atoms with Crippen LogP contribution in [0.25, 0.3) is 0 Å². The Bertz CT molecular complexity index is 564. The highest BCUT2D eigenvalue weighted by molar-refractivity contribution is 7.99. The molecule has 7 nitrogen and oxygen atoms in total. The molecule has 8 heteroatoms. The second-order valence-corrected chi connectivity index (χ2v) is 6.87. The maximum Gasteiger partial charge on any atom is 0.321 e. The van der Waals surface area contributed by atoms with Gasteiger partial charge in [-0.05, 0) is 32.6 Å². The fourth-order valence-electron chi connectivity index (χ4n) is 2.79. The number of amides is 3. The highest BCUT2D eigenvalue weighted by atomic mass is 32.2. The number of carbonyl (C=O) groups is 2. The average Bonchev–Trinajstić information content (AvgIpc) is 3.04. The Hall–Kier alpha value is -1.57. The molecule has 3 rings (SSSR count). The van der Waals surface area contributed by atoms with Gasteiger partial charge in [-0.25, -0.2) is 4.79 Å². The first kappa shape index (κ1) is 15.3. The monoisotopic (exact) mass is 323 g/mol. The molecule has 120 valence electrons. The van der Waals surface area contributed by atoms with Crippen molar-refractivity contribution in [2.24, 2.45) is 0 Å². The molecule has 2 aliphatic rings. The fourth-order valence-corrected chi connectivity index (χ4v) is 3.64. The lowest BCUT2D eigenvalue weighted by atomic mass is 10.2. The van der Waals surface area contributed by atoms with Crippen LogP contribution in [0.2, 0.25) is 0 Å². The molecular formula is C14H21N5O2S. The summed E-state index contributed by atoms with van der Waals surface area (Å²) in [6.45, 7) is 1.92. The van der Waals surface area contributed by atoms with Crippen LogP contribution < -0.4 is 10.6 Å². The van der Waals surface area contributed by atoms with Crippen molar-refractivity contribution in [2.75, 3.05) is 5.75 Å². The van der Waals surface area contributed by atoms with Gasteiger partial charge in [0, 0.05) is 12.1 Å². The predicted octanol–water partition coefficient (Wildman–Crippen LogP) is 1.78. The molecule has 0 unspecified atom stereocenters. The Morgan fingerprint density at radius 2 is 1.95 bits per heavy atom. The zero-order valence-electron chi connectivity index (χ0n) is 12.7. The lowest BCUT2D eigenvalue weighted by molar-refractivity contribution is -0.117. The molecule has 1 aromatic rings. The van der Waals surface area contributed by atoms with Gasteiger partial charge in [-0.15, -0.1) is 10.2 Å². The predicted molar refractivity (Wildman–Crippen MR) is 82.7 cm³/mol. The lowest BCUT2D eigenvalue weighted by Gasteiger charge is -2.12. The third-order valence-corrected chi connectivity index (χ3v) is 4.97. The number of rotatable bonds is 5. The summed E-state index contributed by atoms with van der Waals surface area (Å²) in [5.74, 6) is 0.746. The van der Waals surface area contributed by atoms with Crippen LogP contribution in [0.4, 0.5) is 4.79 Å². The third kappa shape index (κ3) is 3.79. The number of thioether (sulfide) groups is 1. The molecule has 0 aliphatic heterocycles. The van der Waals surface area contributed by atoms with Gasteiger partial charge in [0.2, 0.25) is 5.91 Å². The van der Waals surface area contributed by atoms with Crippen molar-refractivity contribution in [2.45, 2.75) is 62.7 Å². The number of aromatic nitrogens is 3. The third-order valence-electron chi connectivity index (χ3n) is 4.02. The topological polar surface area (TPSA) is 88.9 Å². The van der Waals surface area contributed by atoms with Gasteiger partial charge in [-0.1, -0.05) is 24.6 Å². The van der Waals surface area contributed by atoms with E-state index >= 15 is 0 Å². The van der Waals surface area contributed by atoms with Crippen LogP contribution in [-0.2, 0) is 4.79 Å². The van der Waals surface area contributed by atoms with E-state index in [0.29, 0.717) is 6.04 Å². The molecule has 1 heterocycles. The summed E-state index contributed by atoms with van der Waals surface area (Å²) in [5.41, 5.74) is 0.